The van der Waals surface area contributed by atoms with Crippen molar-refractivity contribution in [3.8, 4) is 0 Å². The number of thiophene rings is 1. The lowest BCUT2D eigenvalue weighted by Gasteiger charge is -2.05. The van der Waals surface area contributed by atoms with Gasteiger partial charge in [0.25, 0.3) is 5.91 Å². The van der Waals surface area contributed by atoms with Crippen LogP contribution in [0.2, 0.25) is 0 Å². The van der Waals surface area contributed by atoms with Gasteiger partial charge < -0.3 is 15.4 Å². The third-order valence-corrected chi connectivity index (χ3v) is 3.18. The standard InChI is InChI=1S/C13H20N2O3S/c1-18-8-3-7-14-12(16)4-2-6-15-13(17)11-5-9-19-10-11/h5,9-10H,2-4,6-8H2,1H3,(H,14,16)(H,15,17). The molecule has 0 spiro atoms. The molecule has 0 aliphatic carbocycles. The molecule has 0 aliphatic heterocycles. The maximum Gasteiger partial charge on any atom is 0.252 e. The summed E-state index contributed by atoms with van der Waals surface area (Å²) >= 11 is 1.49. The first-order chi connectivity index (χ1) is 9.24. The Bertz CT molecular complexity index is 379. The van der Waals surface area contributed by atoms with Crippen LogP contribution in [0, 0.1) is 0 Å². The molecule has 0 aliphatic rings. The fourth-order valence-corrected chi connectivity index (χ4v) is 2.12. The van der Waals surface area contributed by atoms with Crippen LogP contribution in [-0.2, 0) is 9.53 Å². The smallest absolute Gasteiger partial charge is 0.252 e. The van der Waals surface area contributed by atoms with Gasteiger partial charge in [0.1, 0.15) is 0 Å². The van der Waals surface area contributed by atoms with E-state index in [0.29, 0.717) is 38.1 Å². The van der Waals surface area contributed by atoms with Crippen LogP contribution in [0.4, 0.5) is 0 Å². The highest BCUT2D eigenvalue weighted by Gasteiger charge is 2.05. The minimum Gasteiger partial charge on any atom is -0.385 e. The first-order valence-electron chi connectivity index (χ1n) is 6.30. The van der Waals surface area contributed by atoms with Gasteiger partial charge in [0.15, 0.2) is 0 Å². The van der Waals surface area contributed by atoms with Crippen molar-refractivity contribution in [3.63, 3.8) is 0 Å². The van der Waals surface area contributed by atoms with Gasteiger partial charge in [-0.3, -0.25) is 9.59 Å². The molecule has 1 rings (SSSR count). The SMILES string of the molecule is COCCCNC(=O)CCCNC(=O)c1ccsc1. The van der Waals surface area contributed by atoms with Gasteiger partial charge in [0.05, 0.1) is 0 Å². The molecule has 1 aromatic rings. The molecule has 0 unspecified atom stereocenters. The van der Waals surface area contributed by atoms with Crippen LogP contribution in [0.5, 0.6) is 0 Å². The molecule has 1 aromatic heterocycles. The minimum atomic E-state index is -0.0817. The summed E-state index contributed by atoms with van der Waals surface area (Å²) in [6.45, 7) is 1.80. The number of ether oxygens (including phenoxy) is 1. The monoisotopic (exact) mass is 284 g/mol. The lowest BCUT2D eigenvalue weighted by Crippen LogP contribution is -2.28. The summed E-state index contributed by atoms with van der Waals surface area (Å²) in [5.74, 6) is -0.0670. The summed E-state index contributed by atoms with van der Waals surface area (Å²) in [6.07, 6.45) is 1.89. The van der Waals surface area contributed by atoms with Gasteiger partial charge in [-0.15, -0.1) is 0 Å². The maximum atomic E-state index is 11.6. The van der Waals surface area contributed by atoms with Crippen molar-refractivity contribution < 1.29 is 14.3 Å². The van der Waals surface area contributed by atoms with Crippen molar-refractivity contribution in [2.24, 2.45) is 0 Å². The van der Waals surface area contributed by atoms with E-state index in [1.807, 2.05) is 5.38 Å². The highest BCUT2D eigenvalue weighted by Crippen LogP contribution is 2.05. The molecule has 19 heavy (non-hydrogen) atoms. The Balaban J connectivity index is 2.01. The molecule has 0 aromatic carbocycles. The summed E-state index contributed by atoms with van der Waals surface area (Å²) in [5, 5.41) is 9.25. The van der Waals surface area contributed by atoms with Crippen LogP contribution in [0.25, 0.3) is 0 Å². The van der Waals surface area contributed by atoms with Crippen molar-refractivity contribution in [2.45, 2.75) is 19.3 Å². The molecule has 0 bridgehead atoms. The molecule has 2 amide bonds. The number of carbonyl (C=O) groups is 2. The zero-order chi connectivity index (χ0) is 13.9. The number of rotatable bonds is 9. The Hall–Kier alpha value is -1.40. The number of nitrogens with one attached hydrogen (secondary N) is 2. The maximum absolute atomic E-state index is 11.6. The van der Waals surface area contributed by atoms with Gasteiger partial charge in [-0.25, -0.2) is 0 Å². The van der Waals surface area contributed by atoms with Crippen LogP contribution in [0.1, 0.15) is 29.6 Å². The summed E-state index contributed by atoms with van der Waals surface area (Å²) in [7, 11) is 1.64. The van der Waals surface area contributed by atoms with Crippen molar-refractivity contribution in [1.29, 1.82) is 0 Å². The first-order valence-corrected chi connectivity index (χ1v) is 7.24. The number of carbonyl (C=O) groups excluding carboxylic acids is 2. The van der Waals surface area contributed by atoms with Crippen LogP contribution in [0.3, 0.4) is 0 Å². The molecule has 0 radical (unpaired) electrons. The van der Waals surface area contributed by atoms with Crippen molar-refractivity contribution in [1.82, 2.24) is 10.6 Å². The predicted octanol–water partition coefficient (Wildman–Crippen LogP) is 1.41. The predicted molar refractivity (Wildman–Crippen MR) is 75.4 cm³/mol. The first kappa shape index (κ1) is 15.7. The fraction of sp³-hybridized carbons (Fsp3) is 0.538. The molecule has 0 saturated carbocycles. The lowest BCUT2D eigenvalue weighted by atomic mass is 10.2. The average Bonchev–Trinajstić information content (AvgIpc) is 2.93. The third kappa shape index (κ3) is 6.93. The molecular formula is C13H20N2O3S. The van der Waals surface area contributed by atoms with Crippen molar-refractivity contribution in [2.75, 3.05) is 26.8 Å². The second-order valence-electron chi connectivity index (χ2n) is 4.07. The van der Waals surface area contributed by atoms with Gasteiger partial charge in [-0.05, 0) is 24.3 Å². The van der Waals surface area contributed by atoms with Gasteiger partial charge in [0, 0.05) is 44.2 Å². The van der Waals surface area contributed by atoms with Gasteiger partial charge >= 0.3 is 0 Å². The normalized spacial score (nSPS) is 10.2. The average molecular weight is 284 g/mol. The van der Waals surface area contributed by atoms with E-state index >= 15 is 0 Å². The van der Waals surface area contributed by atoms with E-state index in [0.717, 1.165) is 6.42 Å². The van der Waals surface area contributed by atoms with Gasteiger partial charge in [-0.2, -0.15) is 11.3 Å². The lowest BCUT2D eigenvalue weighted by molar-refractivity contribution is -0.121. The Labute approximate surface area is 117 Å². The Morgan fingerprint density at radius 2 is 2.05 bits per heavy atom. The minimum absolute atomic E-state index is 0.0147. The van der Waals surface area contributed by atoms with E-state index in [1.54, 1.807) is 18.6 Å². The number of methoxy groups -OCH3 is 1. The molecule has 0 fully saturated rings. The molecule has 0 saturated heterocycles. The van der Waals surface area contributed by atoms with Gasteiger partial charge in [0.2, 0.25) is 5.91 Å². The van der Waals surface area contributed by atoms with Crippen molar-refractivity contribution in [3.05, 3.63) is 22.4 Å². The van der Waals surface area contributed by atoms with Crippen LogP contribution in [-0.4, -0.2) is 38.6 Å². The van der Waals surface area contributed by atoms with Crippen LogP contribution >= 0.6 is 11.3 Å². The summed E-state index contributed by atoms with van der Waals surface area (Å²) in [4.78, 5) is 23.0. The second-order valence-corrected chi connectivity index (χ2v) is 4.85. The quantitative estimate of drug-likeness (QED) is 0.674. The topological polar surface area (TPSA) is 67.4 Å². The Morgan fingerprint density at radius 1 is 1.26 bits per heavy atom. The Kier molecular flexibility index (Phi) is 7.84. The van der Waals surface area contributed by atoms with Crippen LogP contribution < -0.4 is 10.6 Å². The number of amides is 2. The number of hydrogen-bond acceptors (Lipinski definition) is 4. The zero-order valence-corrected chi connectivity index (χ0v) is 11.9. The van der Waals surface area contributed by atoms with E-state index in [2.05, 4.69) is 10.6 Å². The van der Waals surface area contributed by atoms with E-state index < -0.39 is 0 Å². The molecular weight excluding hydrogens is 264 g/mol. The summed E-state index contributed by atoms with van der Waals surface area (Å²) in [6, 6.07) is 1.78. The summed E-state index contributed by atoms with van der Waals surface area (Å²) < 4.78 is 4.89. The van der Waals surface area contributed by atoms with E-state index in [4.69, 9.17) is 4.74 Å². The van der Waals surface area contributed by atoms with E-state index in [1.165, 1.54) is 11.3 Å². The summed E-state index contributed by atoms with van der Waals surface area (Å²) in [5.41, 5.74) is 0.675. The van der Waals surface area contributed by atoms with E-state index in [9.17, 15) is 9.59 Å². The fourth-order valence-electron chi connectivity index (χ4n) is 1.48. The molecule has 1 heterocycles. The van der Waals surface area contributed by atoms with Gasteiger partial charge in [-0.1, -0.05) is 0 Å². The molecule has 0 atom stereocenters. The largest absolute Gasteiger partial charge is 0.385 e. The van der Waals surface area contributed by atoms with Crippen LogP contribution in [0.15, 0.2) is 16.8 Å². The highest BCUT2D eigenvalue weighted by molar-refractivity contribution is 7.08. The molecule has 2 N–H and O–H groups in total. The molecule has 5 nitrogen and oxygen atoms in total. The Morgan fingerprint density at radius 3 is 2.74 bits per heavy atom. The molecule has 6 heteroatoms. The highest BCUT2D eigenvalue weighted by atomic mass is 32.1. The van der Waals surface area contributed by atoms with Crippen molar-refractivity contribution >= 4 is 23.2 Å². The molecule has 106 valence electrons. The number of hydrogen-bond donors (Lipinski definition) is 2. The second kappa shape index (κ2) is 9.52. The van der Waals surface area contributed by atoms with E-state index in [-0.39, 0.29) is 11.8 Å². The zero-order valence-electron chi connectivity index (χ0n) is 11.1. The third-order valence-electron chi connectivity index (χ3n) is 2.50.